The molecule has 0 aromatic rings. The maximum atomic E-state index is 12.9. The fraction of sp³-hybridized carbons (Fsp3) is 0.800. The number of hydrogen-bond acceptors (Lipinski definition) is 7. The number of nitrogens with zero attached hydrogens (tertiary/aromatic N) is 1. The molecule has 0 radical (unpaired) electrons. The summed E-state index contributed by atoms with van der Waals surface area (Å²) in [4.78, 5) is 36.0. The summed E-state index contributed by atoms with van der Waals surface area (Å²) in [5.74, 6) is -0.774. The van der Waals surface area contributed by atoms with Crippen molar-refractivity contribution in [1.82, 2.24) is 0 Å². The Hall–Kier alpha value is -3.07. The second-order valence-electron chi connectivity index (χ2n) is 30.2. The minimum absolute atomic E-state index is 0.0332. The highest BCUT2D eigenvalue weighted by Gasteiger charge is 2.27. The Balaban J connectivity index is 3.87. The Morgan fingerprint density at radius 2 is 0.540 bits per heavy atom. The van der Waals surface area contributed by atoms with Crippen molar-refractivity contribution in [3.63, 3.8) is 0 Å². The lowest BCUT2D eigenvalue weighted by molar-refractivity contribution is -0.870. The van der Waals surface area contributed by atoms with Gasteiger partial charge in [-0.1, -0.05) is 406 Å². The number of allylic oxidation sites excluding steroid dienone is 16. The minimum Gasteiger partial charge on any atom is -0.462 e. The fourth-order valence-electron chi connectivity index (χ4n) is 12.7. The van der Waals surface area contributed by atoms with E-state index in [2.05, 4.69) is 111 Å². The third-order valence-electron chi connectivity index (χ3n) is 19.1. The van der Waals surface area contributed by atoms with Gasteiger partial charge in [-0.3, -0.25) is 18.6 Å². The fourth-order valence-corrected chi connectivity index (χ4v) is 13.4. The molecule has 0 spiro atoms. The van der Waals surface area contributed by atoms with Crippen LogP contribution in [0.5, 0.6) is 0 Å². The quantitative estimate of drug-likeness (QED) is 0.0211. The van der Waals surface area contributed by atoms with Gasteiger partial charge in [0.1, 0.15) is 19.8 Å². The van der Waals surface area contributed by atoms with Crippen LogP contribution in [0.4, 0.5) is 0 Å². The van der Waals surface area contributed by atoms with E-state index in [0.29, 0.717) is 23.9 Å². The van der Waals surface area contributed by atoms with Crippen LogP contribution >= 0.6 is 7.82 Å². The van der Waals surface area contributed by atoms with Gasteiger partial charge >= 0.3 is 19.8 Å². The number of ether oxygens (including phenoxy) is 2. The largest absolute Gasteiger partial charge is 0.472 e. The second kappa shape index (κ2) is 80.0. The van der Waals surface area contributed by atoms with Gasteiger partial charge in [-0.2, -0.15) is 0 Å². The zero-order valence-electron chi connectivity index (χ0n) is 66.7. The molecular formula is C90H165NO8P+. The number of hydrogen-bond donors (Lipinski definition) is 1. The standard InChI is InChI=1S/C90H164NO8P/c1-6-8-10-12-14-16-18-20-22-24-26-28-30-32-34-36-38-40-42-44-45-47-49-51-53-55-57-59-61-63-65-67-69-71-73-75-77-79-81-83-90(93)99-88(87-98-100(94,95)97-85-84-91(3,4)5)86-96-89(92)82-80-78-76-74-72-70-68-66-64-62-60-58-56-54-52-50-48-46-43-41-39-37-35-33-31-29-27-25-23-21-19-17-15-13-11-9-7-2/h8-11,14-17,20-23,26-29,88H,6-7,12-13,18-19,24-25,30-87H2,1-5H3/p+1/b10-8-,11-9-,16-14-,17-15-,22-20-,23-21-,28-26-,29-27-. The summed E-state index contributed by atoms with van der Waals surface area (Å²) in [6, 6.07) is 0. The molecule has 0 bridgehead atoms. The number of rotatable bonds is 80. The molecule has 0 aliphatic heterocycles. The van der Waals surface area contributed by atoms with Crippen LogP contribution in [-0.4, -0.2) is 74.9 Å². The molecule has 0 heterocycles. The molecule has 9 nitrogen and oxygen atoms in total. The second-order valence-corrected chi connectivity index (χ2v) is 31.6. The van der Waals surface area contributed by atoms with Crippen LogP contribution in [-0.2, 0) is 32.7 Å². The maximum Gasteiger partial charge on any atom is 0.472 e. The van der Waals surface area contributed by atoms with Crippen LogP contribution in [0.3, 0.4) is 0 Å². The molecule has 0 aromatic heterocycles. The third kappa shape index (κ3) is 83.9. The van der Waals surface area contributed by atoms with Crippen molar-refractivity contribution >= 4 is 19.8 Å². The number of quaternary nitrogens is 1. The maximum absolute atomic E-state index is 12.9. The van der Waals surface area contributed by atoms with Crippen molar-refractivity contribution in [3.05, 3.63) is 97.2 Å². The molecule has 0 aliphatic rings. The molecule has 0 aromatic carbocycles. The summed E-state index contributed by atoms with van der Waals surface area (Å²) in [5.41, 5.74) is 0. The zero-order valence-corrected chi connectivity index (χ0v) is 67.6. The lowest BCUT2D eigenvalue weighted by atomic mass is 10.0. The van der Waals surface area contributed by atoms with Gasteiger partial charge in [-0.05, 0) is 89.9 Å². The molecule has 0 aliphatic carbocycles. The van der Waals surface area contributed by atoms with Crippen LogP contribution in [0.1, 0.15) is 412 Å². The number of unbranched alkanes of at least 4 members (excludes halogenated alkanes) is 50. The van der Waals surface area contributed by atoms with Crippen molar-refractivity contribution < 1.29 is 42.1 Å². The van der Waals surface area contributed by atoms with E-state index in [9.17, 15) is 19.0 Å². The number of carbonyl (C=O) groups is 2. The number of phosphoric acid groups is 1. The van der Waals surface area contributed by atoms with Crippen LogP contribution in [0, 0.1) is 0 Å². The van der Waals surface area contributed by atoms with E-state index in [1.54, 1.807) is 0 Å². The predicted octanol–water partition coefficient (Wildman–Crippen LogP) is 29.0. The molecule has 2 unspecified atom stereocenters. The molecule has 0 fully saturated rings. The molecule has 0 amide bonds. The average Bonchev–Trinajstić information content (AvgIpc) is 1.07. The SMILES string of the molecule is CC/C=C\C/C=C\C/C=C\C/C=C\CCCCCCCCCCCCCCCCCCCCCCCCCCCCC(=O)OC(COC(=O)CCCCCCCCCCCCCCCCCCCCCCCCCC/C=C\C/C=C\C/C=C\C/C=C\CC)COP(=O)(O)OCC[N+](C)(C)C. The molecular weight excluding hydrogens is 1250 g/mol. The number of likely N-dealkylation sites (N-methyl/N-ethyl adjacent to an activating group) is 1. The first-order valence-corrected chi connectivity index (χ1v) is 44.5. The van der Waals surface area contributed by atoms with Gasteiger partial charge in [-0.15, -0.1) is 0 Å². The summed E-state index contributed by atoms with van der Waals surface area (Å²) in [7, 11) is 1.50. The Bertz CT molecular complexity index is 2010. The lowest BCUT2D eigenvalue weighted by Crippen LogP contribution is -2.37. The van der Waals surface area contributed by atoms with Crippen LogP contribution in [0.15, 0.2) is 97.2 Å². The smallest absolute Gasteiger partial charge is 0.462 e. The van der Waals surface area contributed by atoms with Gasteiger partial charge in [-0.25, -0.2) is 4.57 Å². The summed E-state index contributed by atoms with van der Waals surface area (Å²) in [5, 5.41) is 0. The van der Waals surface area contributed by atoms with Crippen LogP contribution in [0.2, 0.25) is 0 Å². The van der Waals surface area contributed by atoms with Gasteiger partial charge < -0.3 is 18.9 Å². The van der Waals surface area contributed by atoms with Gasteiger partial charge in [0, 0.05) is 12.8 Å². The first-order valence-electron chi connectivity index (χ1n) is 43.0. The molecule has 100 heavy (non-hydrogen) atoms. The Labute approximate surface area is 621 Å². The molecule has 582 valence electrons. The van der Waals surface area contributed by atoms with E-state index in [1.807, 2.05) is 21.1 Å². The number of carbonyl (C=O) groups excluding carboxylic acids is 2. The topological polar surface area (TPSA) is 108 Å². The van der Waals surface area contributed by atoms with Crippen molar-refractivity contribution in [2.75, 3.05) is 47.5 Å². The Morgan fingerprint density at radius 3 is 0.800 bits per heavy atom. The van der Waals surface area contributed by atoms with E-state index < -0.39 is 26.5 Å². The molecule has 0 saturated heterocycles. The normalized spacial score (nSPS) is 13.5. The summed E-state index contributed by atoms with van der Waals surface area (Å²) < 4.78 is 34.9. The lowest BCUT2D eigenvalue weighted by Gasteiger charge is -2.24. The highest BCUT2D eigenvalue weighted by molar-refractivity contribution is 7.47. The molecule has 0 rings (SSSR count). The van der Waals surface area contributed by atoms with Gasteiger partial charge in [0.05, 0.1) is 27.7 Å². The van der Waals surface area contributed by atoms with Crippen LogP contribution < -0.4 is 0 Å². The van der Waals surface area contributed by atoms with E-state index in [-0.39, 0.29) is 25.6 Å². The zero-order chi connectivity index (χ0) is 72.5. The minimum atomic E-state index is -4.40. The van der Waals surface area contributed by atoms with Crippen molar-refractivity contribution in [2.24, 2.45) is 0 Å². The summed E-state index contributed by atoms with van der Waals surface area (Å²) >= 11 is 0. The third-order valence-corrected chi connectivity index (χ3v) is 20.1. The molecule has 10 heteroatoms. The monoisotopic (exact) mass is 1420 g/mol. The van der Waals surface area contributed by atoms with E-state index in [4.69, 9.17) is 18.5 Å². The average molecular weight is 1420 g/mol. The Kier molecular flexibility index (Phi) is 77.6. The van der Waals surface area contributed by atoms with Crippen molar-refractivity contribution in [2.45, 2.75) is 418 Å². The first kappa shape index (κ1) is 96.9. The predicted molar refractivity (Wildman–Crippen MR) is 436 cm³/mol. The van der Waals surface area contributed by atoms with E-state index in [1.165, 1.54) is 295 Å². The van der Waals surface area contributed by atoms with E-state index in [0.717, 1.165) is 83.5 Å². The van der Waals surface area contributed by atoms with Crippen LogP contribution in [0.25, 0.3) is 0 Å². The highest BCUT2D eigenvalue weighted by atomic mass is 31.2. The number of esters is 2. The first-order chi connectivity index (χ1) is 49.0. The van der Waals surface area contributed by atoms with Gasteiger partial charge in [0.25, 0.3) is 0 Å². The number of phosphoric ester groups is 1. The van der Waals surface area contributed by atoms with Crippen molar-refractivity contribution in [1.29, 1.82) is 0 Å². The molecule has 0 saturated carbocycles. The van der Waals surface area contributed by atoms with Gasteiger partial charge in [0.2, 0.25) is 0 Å². The van der Waals surface area contributed by atoms with Crippen molar-refractivity contribution in [3.8, 4) is 0 Å². The summed E-state index contributed by atoms with van der Waals surface area (Å²) in [6.45, 7) is 4.27. The highest BCUT2D eigenvalue weighted by Crippen LogP contribution is 2.43. The molecule has 1 N–H and O–H groups in total. The Morgan fingerprint density at radius 1 is 0.310 bits per heavy atom. The molecule has 2 atom stereocenters. The van der Waals surface area contributed by atoms with E-state index >= 15 is 0 Å². The van der Waals surface area contributed by atoms with Gasteiger partial charge in [0.15, 0.2) is 6.10 Å². The summed E-state index contributed by atoms with van der Waals surface area (Å²) in [6.07, 6.45) is 113.